The summed E-state index contributed by atoms with van der Waals surface area (Å²) in [5.41, 5.74) is 0.106. The van der Waals surface area contributed by atoms with Gasteiger partial charge in [0, 0.05) is 23.8 Å². The molecule has 106 valence electrons. The van der Waals surface area contributed by atoms with E-state index in [4.69, 9.17) is 0 Å². The van der Waals surface area contributed by atoms with Crippen molar-refractivity contribution in [3.63, 3.8) is 0 Å². The molecular formula is C15H9F2NO3. The fraction of sp³-hybridized carbons (Fsp3) is 0. The number of carbonyl (C=O) groups excluding carboxylic acids is 1. The number of nitro groups is 1. The SMILES string of the molecule is O=C(/C=C\c1cc(F)cc(F)c1)c1cccc([N+](=O)[O-])c1. The zero-order valence-corrected chi connectivity index (χ0v) is 10.6. The first-order valence-corrected chi connectivity index (χ1v) is 5.88. The molecule has 0 N–H and O–H groups in total. The van der Waals surface area contributed by atoms with Gasteiger partial charge in [-0.05, 0) is 23.8 Å². The number of ketones is 1. The minimum atomic E-state index is -0.752. The Bertz CT molecular complexity index is 721. The molecule has 21 heavy (non-hydrogen) atoms. The first kappa shape index (κ1) is 14.5. The predicted molar refractivity (Wildman–Crippen MR) is 72.8 cm³/mol. The summed E-state index contributed by atoms with van der Waals surface area (Å²) >= 11 is 0. The van der Waals surface area contributed by atoms with Gasteiger partial charge in [0.05, 0.1) is 4.92 Å². The second kappa shape index (κ2) is 6.04. The van der Waals surface area contributed by atoms with Crippen LogP contribution in [0.5, 0.6) is 0 Å². The van der Waals surface area contributed by atoms with Gasteiger partial charge in [-0.3, -0.25) is 14.9 Å². The lowest BCUT2D eigenvalue weighted by molar-refractivity contribution is -0.384. The van der Waals surface area contributed by atoms with Crippen LogP contribution in [0.25, 0.3) is 6.08 Å². The molecule has 0 fully saturated rings. The molecule has 0 atom stereocenters. The Morgan fingerprint density at radius 2 is 1.76 bits per heavy atom. The van der Waals surface area contributed by atoms with Crippen molar-refractivity contribution in [2.75, 3.05) is 0 Å². The zero-order valence-electron chi connectivity index (χ0n) is 10.6. The maximum Gasteiger partial charge on any atom is 0.270 e. The Morgan fingerprint density at radius 3 is 2.38 bits per heavy atom. The molecule has 0 aliphatic heterocycles. The second-order valence-electron chi connectivity index (χ2n) is 4.21. The average molecular weight is 289 g/mol. The highest BCUT2D eigenvalue weighted by Gasteiger charge is 2.09. The summed E-state index contributed by atoms with van der Waals surface area (Å²) in [6.45, 7) is 0. The van der Waals surface area contributed by atoms with E-state index in [1.165, 1.54) is 24.3 Å². The van der Waals surface area contributed by atoms with Gasteiger partial charge in [0.15, 0.2) is 5.78 Å². The number of nitrogens with zero attached hydrogens (tertiary/aromatic N) is 1. The van der Waals surface area contributed by atoms with E-state index in [-0.39, 0.29) is 16.8 Å². The lowest BCUT2D eigenvalue weighted by atomic mass is 10.1. The number of nitro benzene ring substituents is 1. The average Bonchev–Trinajstić information content (AvgIpc) is 2.44. The molecular weight excluding hydrogens is 280 g/mol. The van der Waals surface area contributed by atoms with Gasteiger partial charge in [0.1, 0.15) is 11.6 Å². The van der Waals surface area contributed by atoms with Gasteiger partial charge in [-0.1, -0.05) is 18.2 Å². The van der Waals surface area contributed by atoms with Crippen LogP contribution in [0, 0.1) is 21.7 Å². The summed E-state index contributed by atoms with van der Waals surface area (Å²) in [6.07, 6.45) is 2.35. The Kier molecular flexibility index (Phi) is 4.18. The summed E-state index contributed by atoms with van der Waals surface area (Å²) in [7, 11) is 0. The van der Waals surface area contributed by atoms with E-state index in [1.807, 2.05) is 0 Å². The fourth-order valence-electron chi connectivity index (χ4n) is 1.71. The van der Waals surface area contributed by atoms with Gasteiger partial charge in [-0.25, -0.2) is 8.78 Å². The van der Waals surface area contributed by atoms with Crippen molar-refractivity contribution in [1.82, 2.24) is 0 Å². The summed E-state index contributed by atoms with van der Waals surface area (Å²) in [6, 6.07) is 8.08. The van der Waals surface area contributed by atoms with Gasteiger partial charge in [0.25, 0.3) is 5.69 Å². The molecule has 0 bridgehead atoms. The molecule has 0 spiro atoms. The minimum Gasteiger partial charge on any atom is -0.289 e. The summed E-state index contributed by atoms with van der Waals surface area (Å²) in [5, 5.41) is 10.6. The summed E-state index contributed by atoms with van der Waals surface area (Å²) in [4.78, 5) is 21.9. The van der Waals surface area contributed by atoms with Crippen molar-refractivity contribution < 1.29 is 18.5 Å². The van der Waals surface area contributed by atoms with Crippen molar-refractivity contribution in [2.45, 2.75) is 0 Å². The lowest BCUT2D eigenvalue weighted by Gasteiger charge is -1.97. The molecule has 0 aromatic heterocycles. The number of allylic oxidation sites excluding steroid dienone is 1. The molecule has 0 amide bonds. The highest BCUT2D eigenvalue weighted by atomic mass is 19.1. The maximum atomic E-state index is 13.0. The fourth-order valence-corrected chi connectivity index (χ4v) is 1.71. The van der Waals surface area contributed by atoms with Crippen LogP contribution in [0.3, 0.4) is 0 Å². The third-order valence-corrected chi connectivity index (χ3v) is 2.65. The molecule has 6 heteroatoms. The van der Waals surface area contributed by atoms with Gasteiger partial charge in [-0.15, -0.1) is 0 Å². The standard InChI is InChI=1S/C15H9F2NO3/c16-12-6-10(7-13(17)9-12)4-5-15(19)11-2-1-3-14(8-11)18(20)21/h1-9H/b5-4-. The van der Waals surface area contributed by atoms with E-state index in [2.05, 4.69) is 0 Å². The number of hydrogen-bond donors (Lipinski definition) is 0. The molecule has 0 saturated heterocycles. The zero-order chi connectivity index (χ0) is 15.4. The normalized spacial score (nSPS) is 10.8. The van der Waals surface area contributed by atoms with E-state index in [1.54, 1.807) is 0 Å². The van der Waals surface area contributed by atoms with E-state index in [0.717, 1.165) is 30.3 Å². The summed E-state index contributed by atoms with van der Waals surface area (Å²) in [5.74, 6) is -2.00. The molecule has 0 radical (unpaired) electrons. The first-order valence-electron chi connectivity index (χ1n) is 5.88. The van der Waals surface area contributed by atoms with Crippen molar-refractivity contribution in [3.05, 3.63) is 81.4 Å². The molecule has 0 aliphatic rings. The van der Waals surface area contributed by atoms with E-state index < -0.39 is 22.3 Å². The van der Waals surface area contributed by atoms with Crippen LogP contribution in [0.15, 0.2) is 48.5 Å². The van der Waals surface area contributed by atoms with Gasteiger partial charge in [-0.2, -0.15) is 0 Å². The van der Waals surface area contributed by atoms with Gasteiger partial charge in [0.2, 0.25) is 0 Å². The highest BCUT2D eigenvalue weighted by Crippen LogP contribution is 2.15. The number of halogens is 2. The van der Waals surface area contributed by atoms with E-state index in [9.17, 15) is 23.7 Å². The van der Waals surface area contributed by atoms with Crippen LogP contribution < -0.4 is 0 Å². The first-order chi connectivity index (χ1) is 9.95. The highest BCUT2D eigenvalue weighted by molar-refractivity contribution is 6.07. The Hall–Kier alpha value is -2.89. The third kappa shape index (κ3) is 3.79. The maximum absolute atomic E-state index is 13.0. The topological polar surface area (TPSA) is 60.2 Å². The van der Waals surface area contributed by atoms with Crippen LogP contribution >= 0.6 is 0 Å². The number of carbonyl (C=O) groups is 1. The van der Waals surface area contributed by atoms with Crippen molar-refractivity contribution >= 4 is 17.5 Å². The molecule has 4 nitrogen and oxygen atoms in total. The number of hydrogen-bond acceptors (Lipinski definition) is 3. The largest absolute Gasteiger partial charge is 0.289 e. The van der Waals surface area contributed by atoms with E-state index in [0.29, 0.717) is 0 Å². The lowest BCUT2D eigenvalue weighted by Crippen LogP contribution is -1.96. The quantitative estimate of drug-likeness (QED) is 0.372. The van der Waals surface area contributed by atoms with Crippen molar-refractivity contribution in [2.24, 2.45) is 0 Å². The van der Waals surface area contributed by atoms with Crippen molar-refractivity contribution in [1.29, 1.82) is 0 Å². The third-order valence-electron chi connectivity index (χ3n) is 2.65. The van der Waals surface area contributed by atoms with Crippen LogP contribution in [0.1, 0.15) is 15.9 Å². The molecule has 2 aromatic rings. The monoisotopic (exact) mass is 289 g/mol. The second-order valence-corrected chi connectivity index (χ2v) is 4.21. The number of benzene rings is 2. The number of non-ortho nitro benzene ring substituents is 1. The molecule has 2 rings (SSSR count). The van der Waals surface area contributed by atoms with Gasteiger partial charge < -0.3 is 0 Å². The van der Waals surface area contributed by atoms with Gasteiger partial charge >= 0.3 is 0 Å². The molecule has 0 heterocycles. The van der Waals surface area contributed by atoms with Crippen LogP contribution in [0.2, 0.25) is 0 Å². The molecule has 0 aliphatic carbocycles. The molecule has 0 saturated carbocycles. The Morgan fingerprint density at radius 1 is 1.10 bits per heavy atom. The van der Waals surface area contributed by atoms with Crippen LogP contribution in [-0.2, 0) is 0 Å². The predicted octanol–water partition coefficient (Wildman–Crippen LogP) is 3.77. The molecule has 2 aromatic carbocycles. The molecule has 0 unspecified atom stereocenters. The van der Waals surface area contributed by atoms with Crippen molar-refractivity contribution in [3.8, 4) is 0 Å². The minimum absolute atomic E-state index is 0.123. The van der Waals surface area contributed by atoms with E-state index >= 15 is 0 Å². The number of rotatable bonds is 4. The summed E-state index contributed by atoms with van der Waals surface area (Å²) < 4.78 is 26.0. The smallest absolute Gasteiger partial charge is 0.270 e. The Labute approximate surface area is 118 Å². The van der Waals surface area contributed by atoms with Crippen LogP contribution in [-0.4, -0.2) is 10.7 Å². The van der Waals surface area contributed by atoms with Crippen LogP contribution in [0.4, 0.5) is 14.5 Å². The Balaban J connectivity index is 2.23.